The van der Waals surface area contributed by atoms with Crippen molar-refractivity contribution in [3.8, 4) is 0 Å². The number of rotatable bonds is 8. The van der Waals surface area contributed by atoms with Crippen LogP contribution in [-0.2, 0) is 14.3 Å². The van der Waals surface area contributed by atoms with E-state index in [2.05, 4.69) is 25.7 Å². The summed E-state index contributed by atoms with van der Waals surface area (Å²) in [6.07, 6.45) is 1.30. The maximum atomic E-state index is 11.4. The molecule has 5 nitrogen and oxygen atoms in total. The molecule has 2 unspecified atom stereocenters. The summed E-state index contributed by atoms with van der Waals surface area (Å²) in [4.78, 5) is 22.5. The van der Waals surface area contributed by atoms with Crippen molar-refractivity contribution in [1.29, 1.82) is 0 Å². The van der Waals surface area contributed by atoms with Gasteiger partial charge in [0.15, 0.2) is 0 Å². The van der Waals surface area contributed by atoms with Gasteiger partial charge in [0.2, 0.25) is 0 Å². The van der Waals surface area contributed by atoms with Crippen molar-refractivity contribution in [1.82, 2.24) is 5.32 Å². The number of alkyl carbamates (subject to hydrolysis) is 1. The molecule has 0 aliphatic carbocycles. The van der Waals surface area contributed by atoms with Crippen LogP contribution in [-0.4, -0.2) is 31.3 Å². The molecule has 0 radical (unpaired) electrons. The fraction of sp³-hybridized carbons (Fsp3) is 0.714. The van der Waals surface area contributed by atoms with Crippen LogP contribution in [0.4, 0.5) is 4.79 Å². The maximum absolute atomic E-state index is 11.4. The summed E-state index contributed by atoms with van der Waals surface area (Å²) in [6.45, 7) is 11.5. The topological polar surface area (TPSA) is 64.6 Å². The zero-order chi connectivity index (χ0) is 14.8. The molecule has 5 heteroatoms. The lowest BCUT2D eigenvalue weighted by molar-refractivity contribution is -0.138. The van der Waals surface area contributed by atoms with Crippen molar-refractivity contribution in [2.24, 2.45) is 5.92 Å². The van der Waals surface area contributed by atoms with Gasteiger partial charge >= 0.3 is 12.1 Å². The third kappa shape index (κ3) is 9.11. The lowest BCUT2D eigenvalue weighted by Crippen LogP contribution is -2.31. The molecular weight excluding hydrogens is 246 g/mol. The van der Waals surface area contributed by atoms with Gasteiger partial charge in [0.05, 0.1) is 6.54 Å². The average Bonchev–Trinajstić information content (AvgIpc) is 2.33. The second-order valence-corrected chi connectivity index (χ2v) is 4.81. The smallest absolute Gasteiger partial charge is 0.407 e. The van der Waals surface area contributed by atoms with E-state index in [4.69, 9.17) is 9.47 Å². The molecule has 0 aliphatic heterocycles. The molecule has 110 valence electrons. The Balaban J connectivity index is 3.70. The average molecular weight is 271 g/mol. The summed E-state index contributed by atoms with van der Waals surface area (Å²) < 4.78 is 10.0. The Bertz CT molecular complexity index is 315. The highest BCUT2D eigenvalue weighted by atomic mass is 16.6. The molecule has 0 bridgehead atoms. The number of carbonyl (C=O) groups excluding carboxylic acids is 2. The number of amides is 1. The first kappa shape index (κ1) is 17.5. The number of esters is 1. The van der Waals surface area contributed by atoms with Crippen LogP contribution in [0.2, 0.25) is 0 Å². The second-order valence-electron chi connectivity index (χ2n) is 4.81. The number of hydrogen-bond donors (Lipinski definition) is 1. The molecule has 0 aromatic heterocycles. The molecule has 0 fully saturated rings. The Labute approximate surface area is 115 Å². The lowest BCUT2D eigenvalue weighted by Gasteiger charge is -2.17. The number of hydrogen-bond acceptors (Lipinski definition) is 4. The first-order valence-electron chi connectivity index (χ1n) is 6.63. The molecule has 0 saturated heterocycles. The fourth-order valence-electron chi connectivity index (χ4n) is 1.43. The third-order valence-electron chi connectivity index (χ3n) is 2.69. The summed E-state index contributed by atoms with van der Waals surface area (Å²) in [6, 6.07) is 0. The van der Waals surface area contributed by atoms with Crippen LogP contribution < -0.4 is 5.32 Å². The standard InChI is InChI=1S/C14H25NO4/c1-6-11(4)9-12(5)19-14(17)15-7-8-18-13(16)10(2)3/h11-12H,2,6-9H2,1,3-5H3,(H,15,17). The first-order valence-corrected chi connectivity index (χ1v) is 6.63. The molecule has 0 saturated carbocycles. The van der Waals surface area contributed by atoms with Gasteiger partial charge in [0.1, 0.15) is 12.7 Å². The van der Waals surface area contributed by atoms with Crippen LogP contribution in [0.25, 0.3) is 0 Å². The Morgan fingerprint density at radius 1 is 1.32 bits per heavy atom. The predicted octanol–water partition coefficient (Wildman–Crippen LogP) is 2.66. The van der Waals surface area contributed by atoms with E-state index in [9.17, 15) is 9.59 Å². The lowest BCUT2D eigenvalue weighted by atomic mass is 10.0. The molecule has 0 rings (SSSR count). The van der Waals surface area contributed by atoms with Crippen molar-refractivity contribution in [3.05, 3.63) is 12.2 Å². The van der Waals surface area contributed by atoms with Gasteiger partial charge < -0.3 is 14.8 Å². The number of ether oxygens (including phenoxy) is 2. The monoisotopic (exact) mass is 271 g/mol. The molecule has 1 N–H and O–H groups in total. The van der Waals surface area contributed by atoms with Crippen molar-refractivity contribution in [3.63, 3.8) is 0 Å². The van der Waals surface area contributed by atoms with Crippen LogP contribution in [0.1, 0.15) is 40.5 Å². The highest BCUT2D eigenvalue weighted by Gasteiger charge is 2.12. The second kappa shape index (κ2) is 9.42. The van der Waals surface area contributed by atoms with E-state index in [1.54, 1.807) is 6.92 Å². The van der Waals surface area contributed by atoms with E-state index in [1.165, 1.54) is 0 Å². The van der Waals surface area contributed by atoms with Gasteiger partial charge in [-0.3, -0.25) is 0 Å². The van der Waals surface area contributed by atoms with Crippen molar-refractivity contribution in [2.75, 3.05) is 13.2 Å². The minimum Gasteiger partial charge on any atom is -0.460 e. The fourth-order valence-corrected chi connectivity index (χ4v) is 1.43. The van der Waals surface area contributed by atoms with E-state index in [-0.39, 0.29) is 19.3 Å². The van der Waals surface area contributed by atoms with Crippen molar-refractivity contribution in [2.45, 2.75) is 46.6 Å². The SMILES string of the molecule is C=C(C)C(=O)OCCNC(=O)OC(C)CC(C)CC. The Morgan fingerprint density at radius 3 is 2.47 bits per heavy atom. The highest BCUT2D eigenvalue weighted by Crippen LogP contribution is 2.11. The van der Waals surface area contributed by atoms with Gasteiger partial charge in [-0.1, -0.05) is 26.8 Å². The Morgan fingerprint density at radius 2 is 1.95 bits per heavy atom. The van der Waals surface area contributed by atoms with E-state index < -0.39 is 12.1 Å². The van der Waals surface area contributed by atoms with Crippen LogP contribution in [0.3, 0.4) is 0 Å². The summed E-state index contributed by atoms with van der Waals surface area (Å²) in [7, 11) is 0. The first-order chi connectivity index (χ1) is 8.86. The molecule has 0 aromatic rings. The van der Waals surface area contributed by atoms with Crippen LogP contribution in [0.5, 0.6) is 0 Å². The minimum absolute atomic E-state index is 0.112. The quantitative estimate of drug-likeness (QED) is 0.419. The van der Waals surface area contributed by atoms with Crippen molar-refractivity contribution < 1.29 is 19.1 Å². The Hall–Kier alpha value is -1.52. The van der Waals surface area contributed by atoms with Gasteiger partial charge in [0.25, 0.3) is 0 Å². The van der Waals surface area contributed by atoms with Crippen molar-refractivity contribution >= 4 is 12.1 Å². The van der Waals surface area contributed by atoms with Gasteiger partial charge in [-0.05, 0) is 26.2 Å². The third-order valence-corrected chi connectivity index (χ3v) is 2.69. The van der Waals surface area contributed by atoms with Gasteiger partial charge in [-0.15, -0.1) is 0 Å². The normalized spacial score (nSPS) is 13.3. The number of nitrogens with one attached hydrogen (secondary N) is 1. The Kier molecular flexibility index (Phi) is 8.66. The maximum Gasteiger partial charge on any atom is 0.407 e. The summed E-state index contributed by atoms with van der Waals surface area (Å²) in [5.41, 5.74) is 0.338. The van der Waals surface area contributed by atoms with E-state index >= 15 is 0 Å². The molecule has 19 heavy (non-hydrogen) atoms. The van der Waals surface area contributed by atoms with Crippen LogP contribution in [0, 0.1) is 5.92 Å². The number of carbonyl (C=O) groups is 2. The van der Waals surface area contributed by atoms with Crippen LogP contribution >= 0.6 is 0 Å². The van der Waals surface area contributed by atoms with Gasteiger partial charge in [0, 0.05) is 5.57 Å². The highest BCUT2D eigenvalue weighted by molar-refractivity contribution is 5.86. The molecule has 2 atom stereocenters. The van der Waals surface area contributed by atoms with E-state index in [1.807, 2.05) is 6.92 Å². The zero-order valence-corrected chi connectivity index (χ0v) is 12.3. The van der Waals surface area contributed by atoms with E-state index in [0.29, 0.717) is 11.5 Å². The largest absolute Gasteiger partial charge is 0.460 e. The summed E-state index contributed by atoms with van der Waals surface area (Å²) >= 11 is 0. The molecule has 0 aromatic carbocycles. The summed E-state index contributed by atoms with van der Waals surface area (Å²) in [5.74, 6) is 0.0691. The minimum atomic E-state index is -0.484. The molecule has 0 spiro atoms. The van der Waals surface area contributed by atoms with Crippen LogP contribution in [0.15, 0.2) is 12.2 Å². The van der Waals surface area contributed by atoms with Gasteiger partial charge in [-0.2, -0.15) is 0 Å². The zero-order valence-electron chi connectivity index (χ0n) is 12.3. The molecule has 0 aliphatic rings. The van der Waals surface area contributed by atoms with E-state index in [0.717, 1.165) is 12.8 Å². The molecule has 1 amide bonds. The summed E-state index contributed by atoms with van der Waals surface area (Å²) in [5, 5.41) is 2.53. The molecule has 0 heterocycles. The predicted molar refractivity (Wildman–Crippen MR) is 73.8 cm³/mol. The van der Waals surface area contributed by atoms with Gasteiger partial charge in [-0.25, -0.2) is 9.59 Å². The molecular formula is C14H25NO4.